The van der Waals surface area contributed by atoms with Gasteiger partial charge < -0.3 is 10.1 Å². The molecule has 22 heavy (non-hydrogen) atoms. The average Bonchev–Trinajstić information content (AvgIpc) is 2.67. The van der Waals surface area contributed by atoms with Gasteiger partial charge in [0.05, 0.1) is 12.3 Å². The van der Waals surface area contributed by atoms with Gasteiger partial charge in [-0.3, -0.25) is 0 Å². The van der Waals surface area contributed by atoms with E-state index in [1.165, 1.54) is 0 Å². The van der Waals surface area contributed by atoms with Gasteiger partial charge in [-0.25, -0.2) is 4.98 Å². The third-order valence-corrected chi connectivity index (χ3v) is 3.52. The van der Waals surface area contributed by atoms with Crippen LogP contribution in [0.15, 0.2) is 0 Å². The summed E-state index contributed by atoms with van der Waals surface area (Å²) >= 11 is 0. The number of nitrogens with zero attached hydrogens (tertiary/aromatic N) is 2. The van der Waals surface area contributed by atoms with E-state index in [1.807, 2.05) is 13.8 Å². The zero-order chi connectivity index (χ0) is 16.2. The molecule has 0 saturated heterocycles. The number of aromatic nitrogens is 2. The van der Waals surface area contributed by atoms with Crippen molar-refractivity contribution in [2.45, 2.75) is 51.6 Å². The number of alkyl halides is 3. The Morgan fingerprint density at radius 2 is 1.91 bits per heavy atom. The second-order valence-electron chi connectivity index (χ2n) is 5.78. The molecule has 2 heterocycles. The van der Waals surface area contributed by atoms with Crippen LogP contribution in [-0.4, -0.2) is 35.8 Å². The van der Waals surface area contributed by atoms with Crippen molar-refractivity contribution >= 4 is 0 Å². The summed E-state index contributed by atoms with van der Waals surface area (Å²) in [4.78, 5) is 9.01. The molecule has 1 aliphatic rings. The summed E-state index contributed by atoms with van der Waals surface area (Å²) in [6, 6.07) is 0. The second-order valence-corrected chi connectivity index (χ2v) is 5.78. The Bertz CT molecular complexity index is 504. The number of fused-ring (bicyclic) bond motifs is 1. The molecule has 0 saturated carbocycles. The third-order valence-electron chi connectivity index (χ3n) is 3.52. The van der Waals surface area contributed by atoms with E-state index in [2.05, 4.69) is 15.3 Å². The first-order valence-corrected chi connectivity index (χ1v) is 7.67. The van der Waals surface area contributed by atoms with Gasteiger partial charge in [0.15, 0.2) is 0 Å². The van der Waals surface area contributed by atoms with Crippen LogP contribution >= 0.6 is 0 Å². The van der Waals surface area contributed by atoms with Crippen LogP contribution in [0.1, 0.15) is 49.7 Å². The minimum Gasteiger partial charge on any atom is -0.477 e. The number of hydrogen-bond donors (Lipinski definition) is 1. The summed E-state index contributed by atoms with van der Waals surface area (Å²) < 4.78 is 42.1. The lowest BCUT2D eigenvalue weighted by Gasteiger charge is -2.15. The highest BCUT2D eigenvalue weighted by Gasteiger charge is 2.26. The fraction of sp³-hybridized carbons (Fsp3) is 0.733. The van der Waals surface area contributed by atoms with Crippen LogP contribution in [-0.2, 0) is 12.8 Å². The molecule has 0 aliphatic carbocycles. The lowest BCUT2D eigenvalue weighted by molar-refractivity contribution is -0.136. The van der Waals surface area contributed by atoms with E-state index in [0.717, 1.165) is 37.2 Å². The van der Waals surface area contributed by atoms with Gasteiger partial charge >= 0.3 is 6.18 Å². The van der Waals surface area contributed by atoms with Crippen LogP contribution in [0.25, 0.3) is 0 Å². The molecular formula is C15H22F3N3O. The summed E-state index contributed by atoms with van der Waals surface area (Å²) in [5, 5.41) is 3.29. The Labute approximate surface area is 128 Å². The molecule has 0 aromatic carbocycles. The molecule has 0 atom stereocenters. The molecule has 0 fully saturated rings. The molecule has 2 rings (SSSR count). The van der Waals surface area contributed by atoms with Crippen molar-refractivity contribution in [3.8, 4) is 5.88 Å². The Morgan fingerprint density at radius 1 is 1.18 bits per heavy atom. The van der Waals surface area contributed by atoms with Crippen molar-refractivity contribution in [3.05, 3.63) is 17.1 Å². The molecule has 4 nitrogen and oxygen atoms in total. The molecule has 0 amide bonds. The third kappa shape index (κ3) is 4.83. The number of rotatable bonds is 5. The predicted octanol–water partition coefficient (Wildman–Crippen LogP) is 3.01. The van der Waals surface area contributed by atoms with Gasteiger partial charge in [0.1, 0.15) is 5.82 Å². The van der Waals surface area contributed by atoms with E-state index >= 15 is 0 Å². The van der Waals surface area contributed by atoms with Crippen molar-refractivity contribution < 1.29 is 17.9 Å². The Morgan fingerprint density at radius 3 is 2.59 bits per heavy atom. The van der Waals surface area contributed by atoms with E-state index < -0.39 is 12.6 Å². The molecular weight excluding hydrogens is 295 g/mol. The fourth-order valence-electron chi connectivity index (χ4n) is 2.35. The van der Waals surface area contributed by atoms with E-state index in [0.29, 0.717) is 11.7 Å². The van der Waals surface area contributed by atoms with Crippen molar-refractivity contribution in [3.63, 3.8) is 0 Å². The predicted molar refractivity (Wildman–Crippen MR) is 77.2 cm³/mol. The molecule has 1 aromatic heterocycles. The average molecular weight is 317 g/mol. The summed E-state index contributed by atoms with van der Waals surface area (Å²) in [5.41, 5.74) is 1.89. The first kappa shape index (κ1) is 17.0. The van der Waals surface area contributed by atoms with Crippen LogP contribution in [0.5, 0.6) is 5.88 Å². The first-order chi connectivity index (χ1) is 10.4. The van der Waals surface area contributed by atoms with Crippen molar-refractivity contribution in [2.75, 3.05) is 19.7 Å². The summed E-state index contributed by atoms with van der Waals surface area (Å²) in [6.45, 7) is 5.65. The highest BCUT2D eigenvalue weighted by atomic mass is 19.4. The monoisotopic (exact) mass is 317 g/mol. The lowest BCUT2D eigenvalue weighted by atomic mass is 10.1. The zero-order valence-electron chi connectivity index (χ0n) is 13.0. The topological polar surface area (TPSA) is 47.0 Å². The van der Waals surface area contributed by atoms with Crippen LogP contribution in [0.3, 0.4) is 0 Å². The summed E-state index contributed by atoms with van der Waals surface area (Å²) in [6.07, 6.45) is -3.51. The highest BCUT2D eigenvalue weighted by molar-refractivity contribution is 5.33. The molecule has 7 heteroatoms. The maximum absolute atomic E-state index is 12.2. The first-order valence-electron chi connectivity index (χ1n) is 7.67. The summed E-state index contributed by atoms with van der Waals surface area (Å²) in [7, 11) is 0. The van der Waals surface area contributed by atoms with Crippen LogP contribution in [0.2, 0.25) is 0 Å². The van der Waals surface area contributed by atoms with Gasteiger partial charge in [-0.15, -0.1) is 0 Å². The molecule has 1 N–H and O–H groups in total. The lowest BCUT2D eigenvalue weighted by Crippen LogP contribution is -2.16. The molecule has 0 spiro atoms. The number of ether oxygens (including phenoxy) is 1. The largest absolute Gasteiger partial charge is 0.477 e. The second kappa shape index (κ2) is 7.26. The van der Waals surface area contributed by atoms with E-state index in [1.54, 1.807) is 0 Å². The van der Waals surface area contributed by atoms with Crippen LogP contribution in [0.4, 0.5) is 13.2 Å². The van der Waals surface area contributed by atoms with E-state index in [9.17, 15) is 13.2 Å². The highest BCUT2D eigenvalue weighted by Crippen LogP contribution is 2.26. The smallest absolute Gasteiger partial charge is 0.389 e. The summed E-state index contributed by atoms with van der Waals surface area (Å²) in [5.74, 6) is 1.30. The quantitative estimate of drug-likeness (QED) is 0.848. The standard InChI is InChI=1S/C15H22F3N3O/c1-10(2)13-20-12-5-8-19-7-4-11(12)14(21-13)22-9-3-6-15(16,17)18/h10,19H,3-9H2,1-2H3. The van der Waals surface area contributed by atoms with E-state index in [-0.39, 0.29) is 18.9 Å². The number of hydrogen-bond acceptors (Lipinski definition) is 4. The van der Waals surface area contributed by atoms with Gasteiger partial charge in [-0.1, -0.05) is 13.8 Å². The number of nitrogens with one attached hydrogen (secondary N) is 1. The minimum atomic E-state index is -4.14. The minimum absolute atomic E-state index is 0.0218. The zero-order valence-corrected chi connectivity index (χ0v) is 13.0. The van der Waals surface area contributed by atoms with Crippen molar-refractivity contribution in [1.82, 2.24) is 15.3 Å². The molecule has 0 unspecified atom stereocenters. The number of halogens is 3. The SMILES string of the molecule is CC(C)c1nc2c(c(OCCCC(F)(F)F)n1)CCNCC2. The maximum Gasteiger partial charge on any atom is 0.389 e. The fourth-order valence-corrected chi connectivity index (χ4v) is 2.35. The normalized spacial score (nSPS) is 15.5. The maximum atomic E-state index is 12.2. The molecule has 1 aliphatic heterocycles. The Hall–Kier alpha value is -1.37. The Balaban J connectivity index is 2.12. The van der Waals surface area contributed by atoms with Gasteiger partial charge in [0.2, 0.25) is 5.88 Å². The van der Waals surface area contributed by atoms with Gasteiger partial charge in [-0.2, -0.15) is 18.2 Å². The Kier molecular flexibility index (Phi) is 5.61. The molecule has 124 valence electrons. The van der Waals surface area contributed by atoms with Crippen LogP contribution < -0.4 is 10.1 Å². The molecule has 1 aromatic rings. The molecule has 0 bridgehead atoms. The van der Waals surface area contributed by atoms with Crippen molar-refractivity contribution in [2.24, 2.45) is 0 Å². The van der Waals surface area contributed by atoms with Gasteiger partial charge in [-0.05, 0) is 19.4 Å². The van der Waals surface area contributed by atoms with Gasteiger partial charge in [0.25, 0.3) is 0 Å². The molecule has 0 radical (unpaired) electrons. The van der Waals surface area contributed by atoms with Crippen molar-refractivity contribution in [1.29, 1.82) is 0 Å². The van der Waals surface area contributed by atoms with Crippen LogP contribution in [0, 0.1) is 0 Å². The van der Waals surface area contributed by atoms with E-state index in [4.69, 9.17) is 4.74 Å². The van der Waals surface area contributed by atoms with Gasteiger partial charge in [0, 0.05) is 30.9 Å².